The lowest BCUT2D eigenvalue weighted by atomic mass is 10.2. The molecule has 2 rings (SSSR count). The summed E-state index contributed by atoms with van der Waals surface area (Å²) in [4.78, 5) is 11.0. The normalized spacial score (nSPS) is 10.2. The van der Waals surface area contributed by atoms with Crippen LogP contribution in [0.15, 0.2) is 40.9 Å². The number of rotatable bonds is 5. The topological polar surface area (TPSA) is 55.8 Å². The van der Waals surface area contributed by atoms with Gasteiger partial charge in [0.25, 0.3) is 0 Å². The van der Waals surface area contributed by atoms with Crippen molar-refractivity contribution in [1.82, 2.24) is 0 Å². The van der Waals surface area contributed by atoms with Gasteiger partial charge >= 0.3 is 5.97 Å². The van der Waals surface area contributed by atoms with Crippen LogP contribution in [-0.4, -0.2) is 18.2 Å². The van der Waals surface area contributed by atoms with Crippen molar-refractivity contribution in [3.05, 3.63) is 57.0 Å². The van der Waals surface area contributed by atoms with E-state index in [4.69, 9.17) is 26.2 Å². The van der Waals surface area contributed by atoms with E-state index >= 15 is 0 Å². The minimum Gasteiger partial charge on any atom is -0.497 e. The quantitative estimate of drug-likeness (QED) is 0.847. The Labute approximate surface area is 135 Å². The average molecular weight is 372 g/mol. The zero-order chi connectivity index (χ0) is 15.4. The average Bonchev–Trinajstić information content (AvgIpc) is 2.47. The summed E-state index contributed by atoms with van der Waals surface area (Å²) in [5.74, 6) is 0.0682. The summed E-state index contributed by atoms with van der Waals surface area (Å²) in [6.07, 6.45) is 0. The van der Waals surface area contributed by atoms with E-state index in [2.05, 4.69) is 15.9 Å². The van der Waals surface area contributed by atoms with E-state index in [-0.39, 0.29) is 17.2 Å². The molecule has 21 heavy (non-hydrogen) atoms. The van der Waals surface area contributed by atoms with Gasteiger partial charge in [0.2, 0.25) is 0 Å². The molecule has 0 amide bonds. The number of carboxylic acids is 1. The fourth-order valence-electron chi connectivity index (χ4n) is 1.71. The molecule has 0 spiro atoms. The molecule has 0 atom stereocenters. The summed E-state index contributed by atoms with van der Waals surface area (Å²) in [7, 11) is 1.59. The first-order valence-electron chi connectivity index (χ1n) is 5.99. The van der Waals surface area contributed by atoms with Gasteiger partial charge in [-0.15, -0.1) is 0 Å². The highest BCUT2D eigenvalue weighted by Crippen LogP contribution is 2.26. The number of aromatic carboxylic acids is 1. The molecule has 0 radical (unpaired) electrons. The maximum absolute atomic E-state index is 11.0. The molecule has 2 aromatic rings. The Morgan fingerprint density at radius 1 is 1.24 bits per heavy atom. The summed E-state index contributed by atoms with van der Waals surface area (Å²) in [6, 6.07) is 10.1. The monoisotopic (exact) mass is 370 g/mol. The van der Waals surface area contributed by atoms with Crippen molar-refractivity contribution in [2.75, 3.05) is 7.11 Å². The number of carboxylic acid groups (broad SMARTS) is 1. The fourth-order valence-corrected chi connectivity index (χ4v) is 2.27. The van der Waals surface area contributed by atoms with Crippen molar-refractivity contribution in [1.29, 1.82) is 0 Å². The van der Waals surface area contributed by atoms with Gasteiger partial charge in [0, 0.05) is 10.0 Å². The van der Waals surface area contributed by atoms with E-state index in [0.29, 0.717) is 5.75 Å². The lowest BCUT2D eigenvalue weighted by Crippen LogP contribution is -2.01. The molecule has 0 aliphatic heterocycles. The first-order valence-corrected chi connectivity index (χ1v) is 7.16. The van der Waals surface area contributed by atoms with Gasteiger partial charge in [-0.05, 0) is 36.4 Å². The predicted octanol–water partition coefficient (Wildman–Crippen LogP) is 4.39. The van der Waals surface area contributed by atoms with Crippen LogP contribution in [-0.2, 0) is 6.61 Å². The van der Waals surface area contributed by atoms with Crippen LogP contribution < -0.4 is 9.47 Å². The molecule has 0 saturated carbocycles. The maximum Gasteiger partial charge on any atom is 0.337 e. The van der Waals surface area contributed by atoms with Crippen molar-refractivity contribution in [2.45, 2.75) is 6.61 Å². The molecule has 0 fully saturated rings. The number of hydrogen-bond donors (Lipinski definition) is 1. The molecule has 0 heterocycles. The van der Waals surface area contributed by atoms with Gasteiger partial charge in [0.1, 0.15) is 18.1 Å². The van der Waals surface area contributed by atoms with Crippen molar-refractivity contribution in [3.8, 4) is 11.5 Å². The van der Waals surface area contributed by atoms with Gasteiger partial charge in [-0.2, -0.15) is 0 Å². The van der Waals surface area contributed by atoms with Crippen molar-refractivity contribution < 1.29 is 19.4 Å². The number of hydrogen-bond acceptors (Lipinski definition) is 3. The second-order valence-electron chi connectivity index (χ2n) is 4.19. The van der Waals surface area contributed by atoms with Gasteiger partial charge in [-0.1, -0.05) is 27.5 Å². The molecule has 0 bridgehead atoms. The van der Waals surface area contributed by atoms with Crippen LogP contribution in [0, 0.1) is 0 Å². The number of carbonyl (C=O) groups is 1. The van der Waals surface area contributed by atoms with Crippen molar-refractivity contribution >= 4 is 33.5 Å². The summed E-state index contributed by atoms with van der Waals surface area (Å²) in [5.41, 5.74) is 0.903. The third-order valence-electron chi connectivity index (χ3n) is 2.82. The summed E-state index contributed by atoms with van der Waals surface area (Å²) in [6.45, 7) is 0.276. The van der Waals surface area contributed by atoms with Gasteiger partial charge in [-0.25, -0.2) is 4.79 Å². The molecule has 0 saturated heterocycles. The Morgan fingerprint density at radius 3 is 2.62 bits per heavy atom. The molecule has 0 aliphatic rings. The SMILES string of the molecule is COc1ccc(Br)c(COc2ccc(Cl)c(C(=O)O)c2)c1. The Kier molecular flexibility index (Phi) is 5.09. The molecule has 0 aromatic heterocycles. The molecule has 0 unspecified atom stereocenters. The van der Waals surface area contributed by atoms with Crippen LogP contribution >= 0.6 is 27.5 Å². The van der Waals surface area contributed by atoms with Gasteiger partial charge < -0.3 is 14.6 Å². The Hall–Kier alpha value is -1.72. The molecule has 6 heteroatoms. The zero-order valence-corrected chi connectivity index (χ0v) is 13.4. The molecule has 1 N–H and O–H groups in total. The molecule has 110 valence electrons. The minimum atomic E-state index is -1.09. The predicted molar refractivity (Wildman–Crippen MR) is 83.4 cm³/mol. The van der Waals surface area contributed by atoms with E-state index in [9.17, 15) is 4.79 Å². The van der Waals surface area contributed by atoms with E-state index in [1.165, 1.54) is 12.1 Å². The maximum atomic E-state index is 11.0. The molecule has 0 aliphatic carbocycles. The van der Waals surface area contributed by atoms with Gasteiger partial charge in [0.15, 0.2) is 0 Å². The second kappa shape index (κ2) is 6.83. The fraction of sp³-hybridized carbons (Fsp3) is 0.133. The Bertz CT molecular complexity index is 673. The standard InChI is InChI=1S/C15H12BrClO4/c1-20-10-2-4-13(16)9(6-10)8-21-11-3-5-14(17)12(7-11)15(18)19/h2-7H,8H2,1H3,(H,18,19). The van der Waals surface area contributed by atoms with E-state index in [0.717, 1.165) is 15.8 Å². The van der Waals surface area contributed by atoms with Crippen LogP contribution in [0.3, 0.4) is 0 Å². The molecular formula is C15H12BrClO4. The van der Waals surface area contributed by atoms with Crippen molar-refractivity contribution in [3.63, 3.8) is 0 Å². The Morgan fingerprint density at radius 2 is 1.95 bits per heavy atom. The van der Waals surface area contributed by atoms with Gasteiger partial charge in [0.05, 0.1) is 17.7 Å². The third-order valence-corrected chi connectivity index (χ3v) is 3.92. The largest absolute Gasteiger partial charge is 0.497 e. The number of benzene rings is 2. The Balaban J connectivity index is 2.16. The van der Waals surface area contributed by atoms with Crippen LogP contribution in [0.25, 0.3) is 0 Å². The van der Waals surface area contributed by atoms with E-state index < -0.39 is 5.97 Å². The summed E-state index contributed by atoms with van der Waals surface area (Å²) < 4.78 is 11.7. The van der Waals surface area contributed by atoms with Crippen LogP contribution in [0.2, 0.25) is 5.02 Å². The van der Waals surface area contributed by atoms with E-state index in [1.807, 2.05) is 18.2 Å². The van der Waals surface area contributed by atoms with E-state index in [1.54, 1.807) is 13.2 Å². The number of halogens is 2. The highest BCUT2D eigenvalue weighted by atomic mass is 79.9. The zero-order valence-electron chi connectivity index (χ0n) is 11.1. The van der Waals surface area contributed by atoms with Crippen LogP contribution in [0.5, 0.6) is 11.5 Å². The number of ether oxygens (including phenoxy) is 2. The number of methoxy groups -OCH3 is 1. The lowest BCUT2D eigenvalue weighted by molar-refractivity contribution is 0.0696. The molecule has 2 aromatic carbocycles. The first kappa shape index (κ1) is 15.7. The first-order chi connectivity index (χ1) is 10.0. The lowest BCUT2D eigenvalue weighted by Gasteiger charge is -2.10. The summed E-state index contributed by atoms with van der Waals surface area (Å²) >= 11 is 9.24. The van der Waals surface area contributed by atoms with Crippen molar-refractivity contribution in [2.24, 2.45) is 0 Å². The van der Waals surface area contributed by atoms with Crippen LogP contribution in [0.1, 0.15) is 15.9 Å². The third kappa shape index (κ3) is 3.89. The van der Waals surface area contributed by atoms with Gasteiger partial charge in [-0.3, -0.25) is 0 Å². The second-order valence-corrected chi connectivity index (χ2v) is 5.45. The highest BCUT2D eigenvalue weighted by Gasteiger charge is 2.10. The minimum absolute atomic E-state index is 0.0128. The van der Waals surface area contributed by atoms with Crippen LogP contribution in [0.4, 0.5) is 0 Å². The molecule has 4 nitrogen and oxygen atoms in total. The smallest absolute Gasteiger partial charge is 0.337 e. The molecular weight excluding hydrogens is 360 g/mol. The summed E-state index contributed by atoms with van der Waals surface area (Å²) in [5, 5.41) is 9.20. The highest BCUT2D eigenvalue weighted by molar-refractivity contribution is 9.10.